The van der Waals surface area contributed by atoms with Crippen molar-refractivity contribution < 1.29 is 24.0 Å². The number of rotatable bonds is 8. The average molecular weight is 490 g/mol. The molecule has 0 spiro atoms. The summed E-state index contributed by atoms with van der Waals surface area (Å²) in [6.45, 7) is 3.55. The number of ether oxygens (including phenoxy) is 1. The first-order valence-electron chi connectivity index (χ1n) is 11.1. The van der Waals surface area contributed by atoms with Gasteiger partial charge in [-0.15, -0.1) is 0 Å². The second-order valence-electron chi connectivity index (χ2n) is 8.24. The predicted molar refractivity (Wildman–Crippen MR) is 133 cm³/mol. The highest BCUT2D eigenvalue weighted by atomic mass is 35.5. The third-order valence-corrected chi connectivity index (χ3v) is 6.10. The first-order valence-corrected chi connectivity index (χ1v) is 11.5. The number of benzene rings is 3. The zero-order valence-corrected chi connectivity index (χ0v) is 20.1. The summed E-state index contributed by atoms with van der Waals surface area (Å²) in [5.74, 6) is -0.702. The molecule has 1 N–H and O–H groups in total. The number of carbonyl (C=O) groups excluding carboxylic acids is 1. The Kier molecular flexibility index (Phi) is 7.32. The SMILES string of the molecule is Cc1onc(-c2ccc(-c3ccc(CC(=O)O)cc3)cc2)c1CC(=O)O[C@H](C)c1ccccc1Cl. The molecule has 0 amide bonds. The maximum atomic E-state index is 12.7. The fourth-order valence-corrected chi connectivity index (χ4v) is 4.18. The molecule has 0 aliphatic carbocycles. The lowest BCUT2D eigenvalue weighted by atomic mass is 9.99. The van der Waals surface area contributed by atoms with E-state index >= 15 is 0 Å². The maximum Gasteiger partial charge on any atom is 0.311 e. The Morgan fingerprint density at radius 2 is 1.54 bits per heavy atom. The lowest BCUT2D eigenvalue weighted by molar-refractivity contribution is -0.147. The van der Waals surface area contributed by atoms with Crippen molar-refractivity contribution in [1.29, 1.82) is 0 Å². The minimum atomic E-state index is -0.858. The molecule has 0 bridgehead atoms. The fourth-order valence-electron chi connectivity index (χ4n) is 3.89. The van der Waals surface area contributed by atoms with Crippen LogP contribution in [-0.4, -0.2) is 22.2 Å². The molecular formula is C28H24ClNO5. The summed E-state index contributed by atoms with van der Waals surface area (Å²) in [6.07, 6.45) is -0.472. The highest BCUT2D eigenvalue weighted by Gasteiger charge is 2.21. The van der Waals surface area contributed by atoms with E-state index in [1.807, 2.05) is 66.7 Å². The molecule has 1 heterocycles. The second-order valence-corrected chi connectivity index (χ2v) is 8.65. The van der Waals surface area contributed by atoms with Gasteiger partial charge in [0.15, 0.2) is 0 Å². The summed E-state index contributed by atoms with van der Waals surface area (Å²) >= 11 is 6.22. The summed E-state index contributed by atoms with van der Waals surface area (Å²) in [6, 6.07) is 22.4. The van der Waals surface area contributed by atoms with Gasteiger partial charge in [-0.25, -0.2) is 0 Å². The molecule has 0 unspecified atom stereocenters. The first-order chi connectivity index (χ1) is 16.8. The van der Waals surface area contributed by atoms with E-state index in [1.54, 1.807) is 19.9 Å². The zero-order valence-electron chi connectivity index (χ0n) is 19.3. The Hall–Kier alpha value is -3.90. The van der Waals surface area contributed by atoms with Crippen LogP contribution < -0.4 is 0 Å². The van der Waals surface area contributed by atoms with Crippen molar-refractivity contribution in [3.8, 4) is 22.4 Å². The molecule has 4 aromatic rings. The Bertz CT molecular complexity index is 1340. The van der Waals surface area contributed by atoms with Crippen LogP contribution in [0.3, 0.4) is 0 Å². The van der Waals surface area contributed by atoms with Crippen LogP contribution in [0, 0.1) is 6.92 Å². The number of carbonyl (C=O) groups is 2. The fraction of sp³-hybridized carbons (Fsp3) is 0.179. The lowest BCUT2D eigenvalue weighted by Crippen LogP contribution is -2.12. The number of carboxylic acids is 1. The highest BCUT2D eigenvalue weighted by molar-refractivity contribution is 6.31. The largest absolute Gasteiger partial charge is 0.481 e. The van der Waals surface area contributed by atoms with Crippen molar-refractivity contribution in [2.24, 2.45) is 0 Å². The molecule has 0 saturated carbocycles. The molecule has 1 aromatic heterocycles. The van der Waals surface area contributed by atoms with E-state index in [0.29, 0.717) is 22.0 Å². The van der Waals surface area contributed by atoms with E-state index in [-0.39, 0.29) is 12.8 Å². The molecule has 0 aliphatic heterocycles. The standard InChI is InChI=1S/C28H24ClNO5/c1-17(23-5-3-4-6-25(23)29)34-27(33)16-24-18(2)35-30-28(24)22-13-11-21(12-14-22)20-9-7-19(8-10-20)15-26(31)32/h3-14,17H,15-16H2,1-2H3,(H,31,32)/t17-/m1/s1. The van der Waals surface area contributed by atoms with Crippen LogP contribution in [-0.2, 0) is 27.2 Å². The normalized spacial score (nSPS) is 11.7. The van der Waals surface area contributed by atoms with E-state index in [4.69, 9.17) is 26.0 Å². The molecule has 0 aliphatic rings. The van der Waals surface area contributed by atoms with E-state index in [1.165, 1.54) is 0 Å². The van der Waals surface area contributed by atoms with Crippen LogP contribution in [0.4, 0.5) is 0 Å². The van der Waals surface area contributed by atoms with Gasteiger partial charge in [0.2, 0.25) is 0 Å². The molecule has 6 nitrogen and oxygen atoms in total. The Morgan fingerprint density at radius 3 is 2.17 bits per heavy atom. The number of aromatic nitrogens is 1. The monoisotopic (exact) mass is 489 g/mol. The molecule has 0 fully saturated rings. The van der Waals surface area contributed by atoms with Gasteiger partial charge in [0.1, 0.15) is 17.6 Å². The Balaban J connectivity index is 1.48. The summed E-state index contributed by atoms with van der Waals surface area (Å²) in [4.78, 5) is 23.6. The molecular weight excluding hydrogens is 466 g/mol. The van der Waals surface area contributed by atoms with Gasteiger partial charge in [0.05, 0.1) is 12.8 Å². The topological polar surface area (TPSA) is 89.6 Å². The molecule has 35 heavy (non-hydrogen) atoms. The molecule has 0 saturated heterocycles. The summed E-state index contributed by atoms with van der Waals surface area (Å²) in [5.41, 5.74) is 5.52. The van der Waals surface area contributed by atoms with Crippen molar-refractivity contribution >= 4 is 23.5 Å². The molecule has 178 valence electrons. The predicted octanol–water partition coefficient (Wildman–Crippen LogP) is 6.44. The number of halogens is 1. The molecule has 3 aromatic carbocycles. The second kappa shape index (κ2) is 10.6. The van der Waals surface area contributed by atoms with Crippen LogP contribution in [0.15, 0.2) is 77.3 Å². The number of esters is 1. The van der Waals surface area contributed by atoms with Crippen LogP contribution in [0.1, 0.15) is 35.5 Å². The van der Waals surface area contributed by atoms with Crippen LogP contribution in [0.5, 0.6) is 0 Å². The van der Waals surface area contributed by atoms with Gasteiger partial charge in [0, 0.05) is 21.7 Å². The highest BCUT2D eigenvalue weighted by Crippen LogP contribution is 2.30. The third kappa shape index (κ3) is 5.78. The number of carboxylic acid groups (broad SMARTS) is 1. The molecule has 7 heteroatoms. The number of aryl methyl sites for hydroxylation is 1. The summed E-state index contributed by atoms with van der Waals surface area (Å²) in [7, 11) is 0. The van der Waals surface area contributed by atoms with Crippen molar-refractivity contribution in [3.63, 3.8) is 0 Å². The van der Waals surface area contributed by atoms with E-state index < -0.39 is 18.0 Å². The minimum absolute atomic E-state index is 0.00684. The average Bonchev–Trinajstić information content (AvgIpc) is 3.19. The van der Waals surface area contributed by atoms with Gasteiger partial charge >= 0.3 is 11.9 Å². The third-order valence-electron chi connectivity index (χ3n) is 5.76. The zero-order chi connectivity index (χ0) is 24.9. The smallest absolute Gasteiger partial charge is 0.311 e. The van der Waals surface area contributed by atoms with E-state index in [0.717, 1.165) is 27.8 Å². The maximum absolute atomic E-state index is 12.7. The molecule has 0 radical (unpaired) electrons. The van der Waals surface area contributed by atoms with Crippen molar-refractivity contribution in [2.45, 2.75) is 32.8 Å². The molecule has 1 atom stereocenters. The van der Waals surface area contributed by atoms with E-state index in [9.17, 15) is 9.59 Å². The quantitative estimate of drug-likeness (QED) is 0.286. The van der Waals surface area contributed by atoms with Gasteiger partial charge in [0.25, 0.3) is 0 Å². The molecule has 4 rings (SSSR count). The first kappa shape index (κ1) is 24.2. The van der Waals surface area contributed by atoms with E-state index in [2.05, 4.69) is 5.16 Å². The van der Waals surface area contributed by atoms with Crippen LogP contribution in [0.25, 0.3) is 22.4 Å². The van der Waals surface area contributed by atoms with Gasteiger partial charge in [-0.3, -0.25) is 9.59 Å². The summed E-state index contributed by atoms with van der Waals surface area (Å²) < 4.78 is 11.0. The number of aliphatic carboxylic acids is 1. The van der Waals surface area contributed by atoms with Gasteiger partial charge in [-0.1, -0.05) is 83.5 Å². The van der Waals surface area contributed by atoms with Crippen molar-refractivity contribution in [3.05, 3.63) is 100 Å². The van der Waals surface area contributed by atoms with Gasteiger partial charge in [-0.2, -0.15) is 0 Å². The number of nitrogens with zero attached hydrogens (tertiary/aromatic N) is 1. The van der Waals surface area contributed by atoms with Crippen LogP contribution >= 0.6 is 11.6 Å². The number of hydrogen-bond donors (Lipinski definition) is 1. The number of hydrogen-bond acceptors (Lipinski definition) is 5. The Morgan fingerprint density at radius 1 is 0.943 bits per heavy atom. The minimum Gasteiger partial charge on any atom is -0.481 e. The van der Waals surface area contributed by atoms with Crippen molar-refractivity contribution in [2.75, 3.05) is 0 Å². The van der Waals surface area contributed by atoms with Gasteiger partial charge in [-0.05, 0) is 36.6 Å². The van der Waals surface area contributed by atoms with Gasteiger partial charge < -0.3 is 14.4 Å². The summed E-state index contributed by atoms with van der Waals surface area (Å²) in [5, 5.41) is 13.6. The lowest BCUT2D eigenvalue weighted by Gasteiger charge is -2.15. The van der Waals surface area contributed by atoms with Crippen LogP contribution in [0.2, 0.25) is 5.02 Å². The Labute approximate surface area is 208 Å². The van der Waals surface area contributed by atoms with Crippen molar-refractivity contribution in [1.82, 2.24) is 5.16 Å².